The number of halogens is 1. The molecule has 1 N–H and O–H groups in total. The third kappa shape index (κ3) is 2.13. The molecular weight excluding hydrogens is 224 g/mol. The van der Waals surface area contributed by atoms with E-state index < -0.39 is 16.8 Å². The zero-order chi connectivity index (χ0) is 10.7. The third-order valence-corrected chi connectivity index (χ3v) is 3.37. The zero-order valence-electron chi connectivity index (χ0n) is 7.49. The van der Waals surface area contributed by atoms with Crippen LogP contribution in [0.2, 0.25) is 5.02 Å². The molecular formula is C9H9ClO3S. The van der Waals surface area contributed by atoms with Crippen molar-refractivity contribution in [3.8, 4) is 0 Å². The lowest BCUT2D eigenvalue weighted by Gasteiger charge is -2.05. The Morgan fingerprint density at radius 3 is 2.71 bits per heavy atom. The highest BCUT2D eigenvalue weighted by atomic mass is 35.5. The van der Waals surface area contributed by atoms with Gasteiger partial charge in [0.15, 0.2) is 0 Å². The van der Waals surface area contributed by atoms with Crippen molar-refractivity contribution in [2.45, 2.75) is 11.8 Å². The van der Waals surface area contributed by atoms with Gasteiger partial charge >= 0.3 is 5.97 Å². The molecule has 76 valence electrons. The second-order valence-electron chi connectivity index (χ2n) is 2.55. The molecule has 1 rings (SSSR count). The first-order valence-electron chi connectivity index (χ1n) is 3.98. The Balaban J connectivity index is 3.35. The van der Waals surface area contributed by atoms with E-state index >= 15 is 0 Å². The van der Waals surface area contributed by atoms with Crippen molar-refractivity contribution in [3.63, 3.8) is 0 Å². The average Bonchev–Trinajstić information content (AvgIpc) is 2.15. The lowest BCUT2D eigenvalue weighted by molar-refractivity contribution is 0.0693. The molecule has 0 fully saturated rings. The number of hydrogen-bond donors (Lipinski definition) is 1. The van der Waals surface area contributed by atoms with Gasteiger partial charge in [-0.3, -0.25) is 4.21 Å². The Labute approximate surface area is 89.2 Å². The second-order valence-corrected chi connectivity index (χ2v) is 4.67. The molecule has 0 aromatic heterocycles. The van der Waals surface area contributed by atoms with Gasteiger partial charge in [0.25, 0.3) is 0 Å². The molecule has 0 aliphatic rings. The smallest absolute Gasteiger partial charge is 0.338 e. The molecule has 5 heteroatoms. The number of carboxylic acid groups (broad SMARTS) is 1. The Bertz CT molecular complexity index is 390. The third-order valence-electron chi connectivity index (χ3n) is 1.70. The van der Waals surface area contributed by atoms with E-state index in [-0.39, 0.29) is 15.5 Å². The van der Waals surface area contributed by atoms with Crippen molar-refractivity contribution < 1.29 is 14.1 Å². The number of carboxylic acids is 1. The van der Waals surface area contributed by atoms with E-state index in [1.807, 2.05) is 0 Å². The Kier molecular flexibility index (Phi) is 3.66. The highest BCUT2D eigenvalue weighted by molar-refractivity contribution is 7.85. The Morgan fingerprint density at radius 2 is 2.21 bits per heavy atom. The van der Waals surface area contributed by atoms with Gasteiger partial charge in [-0.15, -0.1) is 0 Å². The quantitative estimate of drug-likeness (QED) is 0.869. The molecule has 0 radical (unpaired) electrons. The normalized spacial score (nSPS) is 12.4. The first-order valence-corrected chi connectivity index (χ1v) is 5.67. The van der Waals surface area contributed by atoms with Gasteiger partial charge in [-0.05, 0) is 12.1 Å². The molecule has 0 heterocycles. The summed E-state index contributed by atoms with van der Waals surface area (Å²) in [6.45, 7) is 1.72. The highest BCUT2D eigenvalue weighted by Crippen LogP contribution is 2.22. The first-order chi connectivity index (χ1) is 6.57. The van der Waals surface area contributed by atoms with Gasteiger partial charge < -0.3 is 5.11 Å². The summed E-state index contributed by atoms with van der Waals surface area (Å²) in [5.41, 5.74) is -0.0608. The molecule has 0 saturated heterocycles. The van der Waals surface area contributed by atoms with E-state index in [0.29, 0.717) is 5.75 Å². The minimum absolute atomic E-state index is 0.0608. The van der Waals surface area contributed by atoms with E-state index in [9.17, 15) is 9.00 Å². The molecule has 0 amide bonds. The van der Waals surface area contributed by atoms with Crippen molar-refractivity contribution in [2.24, 2.45) is 0 Å². The van der Waals surface area contributed by atoms with Crippen LogP contribution in [0.1, 0.15) is 17.3 Å². The molecule has 1 aromatic rings. The van der Waals surface area contributed by atoms with E-state index in [1.165, 1.54) is 12.1 Å². The van der Waals surface area contributed by atoms with Crippen molar-refractivity contribution in [1.29, 1.82) is 0 Å². The molecule has 1 aromatic carbocycles. The lowest BCUT2D eigenvalue weighted by atomic mass is 10.2. The Hall–Kier alpha value is -0.870. The fraction of sp³-hybridized carbons (Fsp3) is 0.222. The maximum Gasteiger partial charge on any atom is 0.338 e. The second kappa shape index (κ2) is 4.57. The van der Waals surface area contributed by atoms with Crippen molar-refractivity contribution in [2.75, 3.05) is 5.75 Å². The fourth-order valence-corrected chi connectivity index (χ4v) is 2.33. The maximum absolute atomic E-state index is 11.5. The Morgan fingerprint density at radius 1 is 1.57 bits per heavy atom. The molecule has 1 atom stereocenters. The van der Waals surface area contributed by atoms with Crippen LogP contribution in [-0.4, -0.2) is 21.0 Å². The summed E-state index contributed by atoms with van der Waals surface area (Å²) in [5, 5.41) is 8.99. The van der Waals surface area contributed by atoms with Crippen molar-refractivity contribution in [1.82, 2.24) is 0 Å². The predicted molar refractivity (Wildman–Crippen MR) is 55.4 cm³/mol. The van der Waals surface area contributed by atoms with Crippen LogP contribution in [0.5, 0.6) is 0 Å². The lowest BCUT2D eigenvalue weighted by Crippen LogP contribution is -2.06. The average molecular weight is 233 g/mol. The van der Waals surface area contributed by atoms with E-state index in [1.54, 1.807) is 13.0 Å². The summed E-state index contributed by atoms with van der Waals surface area (Å²) < 4.78 is 11.5. The number of benzene rings is 1. The van der Waals surface area contributed by atoms with Crippen LogP contribution in [0.25, 0.3) is 0 Å². The van der Waals surface area contributed by atoms with Crippen molar-refractivity contribution >= 4 is 28.4 Å². The molecule has 0 bridgehead atoms. The monoisotopic (exact) mass is 232 g/mol. The summed E-state index contributed by atoms with van der Waals surface area (Å²) in [6.07, 6.45) is 0. The van der Waals surface area contributed by atoms with Gasteiger partial charge in [0, 0.05) is 5.75 Å². The maximum atomic E-state index is 11.5. The number of rotatable bonds is 3. The van der Waals surface area contributed by atoms with Crippen LogP contribution in [0, 0.1) is 0 Å². The van der Waals surface area contributed by atoms with E-state index in [4.69, 9.17) is 16.7 Å². The van der Waals surface area contributed by atoms with Crippen LogP contribution in [0.3, 0.4) is 0 Å². The number of hydrogen-bond acceptors (Lipinski definition) is 2. The molecule has 3 nitrogen and oxygen atoms in total. The molecule has 0 aliphatic carbocycles. The van der Waals surface area contributed by atoms with Gasteiger partial charge in [0.2, 0.25) is 0 Å². The number of carbonyl (C=O) groups is 1. The van der Waals surface area contributed by atoms with Gasteiger partial charge in [0.1, 0.15) is 0 Å². The largest absolute Gasteiger partial charge is 0.478 e. The van der Waals surface area contributed by atoms with Gasteiger partial charge in [-0.2, -0.15) is 0 Å². The van der Waals surface area contributed by atoms with Crippen LogP contribution >= 0.6 is 11.6 Å². The highest BCUT2D eigenvalue weighted by Gasteiger charge is 2.17. The zero-order valence-corrected chi connectivity index (χ0v) is 9.06. The predicted octanol–water partition coefficient (Wildman–Crippen LogP) is 2.17. The topological polar surface area (TPSA) is 54.4 Å². The van der Waals surface area contributed by atoms with E-state index in [0.717, 1.165) is 0 Å². The van der Waals surface area contributed by atoms with Crippen LogP contribution < -0.4 is 0 Å². The molecule has 0 spiro atoms. The van der Waals surface area contributed by atoms with Crippen LogP contribution in [0.4, 0.5) is 0 Å². The SMILES string of the molecule is CCS(=O)c1cccc(Cl)c1C(=O)O. The summed E-state index contributed by atoms with van der Waals surface area (Å²) in [7, 11) is -1.30. The minimum Gasteiger partial charge on any atom is -0.478 e. The molecule has 1 unspecified atom stereocenters. The molecule has 0 aliphatic heterocycles. The van der Waals surface area contributed by atoms with Crippen LogP contribution in [0.15, 0.2) is 23.1 Å². The van der Waals surface area contributed by atoms with Gasteiger partial charge in [-0.1, -0.05) is 24.6 Å². The molecule has 0 saturated carbocycles. The minimum atomic E-state index is -1.30. The van der Waals surface area contributed by atoms with Crippen molar-refractivity contribution in [3.05, 3.63) is 28.8 Å². The number of aromatic carboxylic acids is 1. The summed E-state index contributed by atoms with van der Waals surface area (Å²) in [5.74, 6) is -0.770. The first kappa shape index (κ1) is 11.2. The fourth-order valence-electron chi connectivity index (χ4n) is 1.06. The van der Waals surface area contributed by atoms with Crippen LogP contribution in [-0.2, 0) is 10.8 Å². The van der Waals surface area contributed by atoms with Gasteiger partial charge in [-0.25, -0.2) is 4.79 Å². The summed E-state index contributed by atoms with van der Waals surface area (Å²) in [6, 6.07) is 4.59. The summed E-state index contributed by atoms with van der Waals surface area (Å²) in [4.78, 5) is 11.1. The van der Waals surface area contributed by atoms with Gasteiger partial charge in [0.05, 0.1) is 26.3 Å². The summed E-state index contributed by atoms with van der Waals surface area (Å²) >= 11 is 5.71. The molecule has 14 heavy (non-hydrogen) atoms. The standard InChI is InChI=1S/C9H9ClO3S/c1-2-14(13)7-5-3-4-6(10)8(7)9(11)12/h3-5H,2H2,1H3,(H,11,12). The van der Waals surface area contributed by atoms with E-state index in [2.05, 4.69) is 0 Å².